The van der Waals surface area contributed by atoms with Crippen molar-refractivity contribution in [2.24, 2.45) is 0 Å². The van der Waals surface area contributed by atoms with Gasteiger partial charge in [0.1, 0.15) is 17.8 Å². The maximum Gasteiger partial charge on any atom is 0.243 e. The molecule has 0 aromatic heterocycles. The van der Waals surface area contributed by atoms with Crippen molar-refractivity contribution in [2.45, 2.75) is 24.9 Å². The van der Waals surface area contributed by atoms with Crippen LogP contribution < -0.4 is 31.9 Å². The van der Waals surface area contributed by atoms with E-state index < -0.39 is 73.7 Å². The van der Waals surface area contributed by atoms with Crippen molar-refractivity contribution < 1.29 is 33.9 Å². The molecule has 0 saturated carbocycles. The molecule has 0 radical (unpaired) electrons. The van der Waals surface area contributed by atoms with Crippen LogP contribution in [0, 0.1) is 0 Å². The molecule has 0 spiro atoms. The first-order valence-electron chi connectivity index (χ1n) is 12.2. The lowest BCUT2D eigenvalue weighted by atomic mass is 10.0. The number of amides is 6. The van der Waals surface area contributed by atoms with E-state index in [1.807, 2.05) is 0 Å². The van der Waals surface area contributed by atoms with E-state index in [1.54, 1.807) is 42.5 Å². The Bertz CT molecular complexity index is 1200. The molecular weight excluding hydrogens is 508 g/mol. The van der Waals surface area contributed by atoms with Crippen molar-refractivity contribution in [3.63, 3.8) is 0 Å². The molecule has 206 valence electrons. The van der Waals surface area contributed by atoms with Crippen LogP contribution in [0.1, 0.15) is 11.1 Å². The lowest BCUT2D eigenvalue weighted by Gasteiger charge is -2.21. The number of hydrogen-bond donors (Lipinski definition) is 7. The van der Waals surface area contributed by atoms with Gasteiger partial charge in [0.15, 0.2) is 0 Å². The van der Waals surface area contributed by atoms with Crippen molar-refractivity contribution in [3.8, 4) is 5.75 Å². The second-order valence-corrected chi connectivity index (χ2v) is 8.79. The first kappa shape index (κ1) is 28.6. The lowest BCUT2D eigenvalue weighted by Crippen LogP contribution is -2.55. The summed E-state index contributed by atoms with van der Waals surface area (Å²) < 4.78 is 0. The van der Waals surface area contributed by atoms with Crippen LogP contribution in [-0.4, -0.2) is 78.8 Å². The molecule has 39 heavy (non-hydrogen) atoms. The van der Waals surface area contributed by atoms with Gasteiger partial charge in [-0.3, -0.25) is 28.8 Å². The summed E-state index contributed by atoms with van der Waals surface area (Å²) in [6.07, 6.45) is 0.151. The fourth-order valence-electron chi connectivity index (χ4n) is 3.69. The highest BCUT2D eigenvalue weighted by atomic mass is 16.3. The van der Waals surface area contributed by atoms with Crippen LogP contribution in [0.25, 0.3) is 0 Å². The van der Waals surface area contributed by atoms with E-state index in [0.29, 0.717) is 5.56 Å². The van der Waals surface area contributed by atoms with E-state index in [-0.39, 0.29) is 18.6 Å². The maximum absolute atomic E-state index is 12.9. The number of phenolic OH excluding ortho intramolecular Hbond substituents is 1. The summed E-state index contributed by atoms with van der Waals surface area (Å²) in [5.74, 6) is -3.90. The largest absolute Gasteiger partial charge is 0.508 e. The van der Waals surface area contributed by atoms with Crippen molar-refractivity contribution in [3.05, 3.63) is 65.7 Å². The quantitative estimate of drug-likeness (QED) is 0.226. The molecule has 3 rings (SSSR count). The summed E-state index contributed by atoms with van der Waals surface area (Å²) in [4.78, 5) is 75.0. The van der Waals surface area contributed by atoms with Gasteiger partial charge in [-0.25, -0.2) is 0 Å². The summed E-state index contributed by atoms with van der Waals surface area (Å²) in [6.45, 7) is -1.84. The van der Waals surface area contributed by atoms with Gasteiger partial charge in [0.05, 0.1) is 26.2 Å². The molecule has 2 aromatic carbocycles. The number of carbonyl (C=O) groups excluding carboxylic acids is 6. The smallest absolute Gasteiger partial charge is 0.243 e. The highest BCUT2D eigenvalue weighted by Crippen LogP contribution is 2.11. The van der Waals surface area contributed by atoms with Gasteiger partial charge >= 0.3 is 0 Å². The normalized spacial score (nSPS) is 20.2. The van der Waals surface area contributed by atoms with Gasteiger partial charge in [-0.15, -0.1) is 0 Å². The second kappa shape index (κ2) is 14.1. The van der Waals surface area contributed by atoms with Gasteiger partial charge in [0.25, 0.3) is 0 Å². The number of nitrogens with one attached hydrogen (secondary N) is 6. The zero-order valence-electron chi connectivity index (χ0n) is 21.0. The minimum atomic E-state index is -1.12. The molecule has 1 heterocycles. The summed E-state index contributed by atoms with van der Waals surface area (Å²) in [7, 11) is 0. The monoisotopic (exact) mass is 538 g/mol. The van der Waals surface area contributed by atoms with Crippen molar-refractivity contribution in [1.29, 1.82) is 0 Å². The Hall–Kier alpha value is -4.94. The Morgan fingerprint density at radius 3 is 1.46 bits per heavy atom. The van der Waals surface area contributed by atoms with Crippen LogP contribution in [-0.2, 0) is 41.6 Å². The first-order chi connectivity index (χ1) is 18.7. The zero-order valence-corrected chi connectivity index (χ0v) is 21.0. The van der Waals surface area contributed by atoms with E-state index in [9.17, 15) is 33.9 Å². The Morgan fingerprint density at radius 2 is 0.949 bits per heavy atom. The Kier molecular flexibility index (Phi) is 10.4. The van der Waals surface area contributed by atoms with Crippen LogP contribution in [0.2, 0.25) is 0 Å². The van der Waals surface area contributed by atoms with Crippen LogP contribution in [0.15, 0.2) is 54.6 Å². The molecule has 6 amide bonds. The number of benzene rings is 2. The molecule has 7 N–H and O–H groups in total. The molecule has 1 aliphatic heterocycles. The number of carbonyl (C=O) groups is 6. The lowest BCUT2D eigenvalue weighted by molar-refractivity contribution is -0.132. The minimum absolute atomic E-state index is 0.0255. The standard InChI is InChI=1S/C26H30N6O7/c33-18-8-6-17(7-9-18)11-20-26(39)30-15-24(37)32-19(10-16-4-2-1-3-5-16)25(38)29-13-22(35)27-12-21(34)28-14-23(36)31-20/h1-9,19-20,33H,10-15H2,(H,27,35)(H,28,34)(H,29,38)(H,30,39)(H,31,36)(H,32,37)/t19-,20-/m0/s1. The summed E-state index contributed by atoms with van der Waals surface area (Å²) in [5, 5.41) is 24.1. The van der Waals surface area contributed by atoms with E-state index in [4.69, 9.17) is 0 Å². The number of aromatic hydroxyl groups is 1. The highest BCUT2D eigenvalue weighted by molar-refractivity contribution is 5.95. The van der Waals surface area contributed by atoms with E-state index >= 15 is 0 Å². The van der Waals surface area contributed by atoms with Crippen LogP contribution in [0.3, 0.4) is 0 Å². The average Bonchev–Trinajstić information content (AvgIpc) is 2.92. The molecule has 0 unspecified atom stereocenters. The van der Waals surface area contributed by atoms with Gasteiger partial charge < -0.3 is 37.0 Å². The maximum atomic E-state index is 12.9. The molecule has 13 heteroatoms. The van der Waals surface area contributed by atoms with Gasteiger partial charge in [-0.1, -0.05) is 42.5 Å². The Morgan fingerprint density at radius 1 is 0.538 bits per heavy atom. The molecule has 2 atom stereocenters. The predicted octanol–water partition coefficient (Wildman–Crippen LogP) is -2.37. The number of rotatable bonds is 4. The summed E-state index contributed by atoms with van der Waals surface area (Å²) in [6, 6.07) is 12.7. The van der Waals surface area contributed by atoms with Gasteiger partial charge in [-0.2, -0.15) is 0 Å². The predicted molar refractivity (Wildman–Crippen MR) is 138 cm³/mol. The molecular formula is C26H30N6O7. The molecule has 1 aliphatic rings. The van der Waals surface area contributed by atoms with Gasteiger partial charge in [-0.05, 0) is 23.3 Å². The number of phenols is 1. The SMILES string of the molecule is O=C1CNC(=O)CNC(=O)[C@H](Cc2ccccc2)NC(=O)CNC(=O)[C@H](Cc2ccc(O)cc2)NC(=O)CN1. The van der Waals surface area contributed by atoms with E-state index in [0.717, 1.165) is 5.56 Å². The van der Waals surface area contributed by atoms with E-state index in [2.05, 4.69) is 31.9 Å². The zero-order chi connectivity index (χ0) is 28.2. The fourth-order valence-corrected chi connectivity index (χ4v) is 3.69. The molecule has 0 bridgehead atoms. The van der Waals surface area contributed by atoms with Gasteiger partial charge in [0.2, 0.25) is 35.4 Å². The number of hydrogen-bond acceptors (Lipinski definition) is 7. The summed E-state index contributed by atoms with van der Waals surface area (Å²) >= 11 is 0. The topological polar surface area (TPSA) is 195 Å². The Balaban J connectivity index is 1.76. The van der Waals surface area contributed by atoms with Crippen LogP contribution >= 0.6 is 0 Å². The van der Waals surface area contributed by atoms with Crippen molar-refractivity contribution in [2.75, 3.05) is 26.2 Å². The first-order valence-corrected chi connectivity index (χ1v) is 12.2. The molecule has 0 aliphatic carbocycles. The van der Waals surface area contributed by atoms with Crippen molar-refractivity contribution >= 4 is 35.4 Å². The van der Waals surface area contributed by atoms with Gasteiger partial charge in [0, 0.05) is 12.8 Å². The van der Waals surface area contributed by atoms with E-state index in [1.165, 1.54) is 12.1 Å². The summed E-state index contributed by atoms with van der Waals surface area (Å²) in [5.41, 5.74) is 1.37. The highest BCUT2D eigenvalue weighted by Gasteiger charge is 2.25. The second-order valence-electron chi connectivity index (χ2n) is 8.79. The third kappa shape index (κ3) is 9.80. The van der Waals surface area contributed by atoms with Crippen LogP contribution in [0.5, 0.6) is 5.75 Å². The molecule has 1 fully saturated rings. The molecule has 1 saturated heterocycles. The average molecular weight is 539 g/mol. The third-order valence-electron chi connectivity index (χ3n) is 5.70. The minimum Gasteiger partial charge on any atom is -0.508 e. The molecule has 2 aromatic rings. The Labute approximate surface area is 224 Å². The fraction of sp³-hybridized carbons (Fsp3) is 0.308. The molecule has 13 nitrogen and oxygen atoms in total. The third-order valence-corrected chi connectivity index (χ3v) is 5.70. The van der Waals surface area contributed by atoms with Crippen molar-refractivity contribution in [1.82, 2.24) is 31.9 Å². The van der Waals surface area contributed by atoms with Crippen LogP contribution in [0.4, 0.5) is 0 Å².